The molecule has 1 aromatic rings. The van der Waals surface area contributed by atoms with Crippen LogP contribution in [0.25, 0.3) is 6.08 Å². The SMILES string of the molecule is CCCNCCN1C=Cc2cc(S(N)(=O)=O)sc2S1. The maximum atomic E-state index is 11.3. The van der Waals surface area contributed by atoms with Gasteiger partial charge in [0.05, 0.1) is 4.21 Å². The third-order valence-corrected chi connectivity index (χ3v) is 6.32. The quantitative estimate of drug-likeness (QED) is 0.616. The molecule has 3 N–H and O–H groups in total. The van der Waals surface area contributed by atoms with Gasteiger partial charge in [0.25, 0.3) is 0 Å². The lowest BCUT2D eigenvalue weighted by Gasteiger charge is -2.21. The molecule has 1 aromatic heterocycles. The molecule has 0 aliphatic carbocycles. The van der Waals surface area contributed by atoms with E-state index in [1.807, 2.05) is 12.3 Å². The Labute approximate surface area is 122 Å². The predicted molar refractivity (Wildman–Crippen MR) is 80.4 cm³/mol. The summed E-state index contributed by atoms with van der Waals surface area (Å²) in [6.07, 6.45) is 5.02. The summed E-state index contributed by atoms with van der Waals surface area (Å²) < 4.78 is 25.9. The maximum Gasteiger partial charge on any atom is 0.247 e. The molecule has 5 nitrogen and oxygen atoms in total. The number of nitrogens with zero attached hydrogens (tertiary/aromatic N) is 1. The first-order chi connectivity index (χ1) is 9.00. The molecule has 0 amide bonds. The van der Waals surface area contributed by atoms with Crippen LogP contribution in [0.4, 0.5) is 0 Å². The van der Waals surface area contributed by atoms with Crippen molar-refractivity contribution >= 4 is 39.4 Å². The lowest BCUT2D eigenvalue weighted by Crippen LogP contribution is -2.25. The Balaban J connectivity index is 1.98. The van der Waals surface area contributed by atoms with Crippen molar-refractivity contribution in [2.24, 2.45) is 5.14 Å². The lowest BCUT2D eigenvalue weighted by atomic mass is 10.3. The van der Waals surface area contributed by atoms with Crippen molar-refractivity contribution in [1.82, 2.24) is 9.62 Å². The fraction of sp³-hybridized carbons (Fsp3) is 0.455. The van der Waals surface area contributed by atoms with E-state index in [4.69, 9.17) is 5.14 Å². The average molecular weight is 319 g/mol. The molecule has 0 bridgehead atoms. The van der Waals surface area contributed by atoms with Gasteiger partial charge in [0.2, 0.25) is 10.0 Å². The summed E-state index contributed by atoms with van der Waals surface area (Å²) >= 11 is 2.78. The van der Waals surface area contributed by atoms with Crippen LogP contribution in [0, 0.1) is 0 Å². The fourth-order valence-electron chi connectivity index (χ4n) is 1.60. The topological polar surface area (TPSA) is 75.4 Å². The summed E-state index contributed by atoms with van der Waals surface area (Å²) in [4.78, 5) is 0. The summed E-state index contributed by atoms with van der Waals surface area (Å²) in [5, 5.41) is 8.48. The minimum atomic E-state index is -3.60. The van der Waals surface area contributed by atoms with Crippen LogP contribution in [-0.2, 0) is 10.0 Å². The van der Waals surface area contributed by atoms with E-state index in [1.165, 1.54) is 11.3 Å². The van der Waals surface area contributed by atoms with Gasteiger partial charge in [-0.2, -0.15) is 0 Å². The number of fused-ring (bicyclic) bond motifs is 1. The molecule has 19 heavy (non-hydrogen) atoms. The van der Waals surface area contributed by atoms with Gasteiger partial charge in [-0.3, -0.25) is 0 Å². The van der Waals surface area contributed by atoms with Gasteiger partial charge in [-0.05, 0) is 37.1 Å². The smallest absolute Gasteiger partial charge is 0.247 e. The highest BCUT2D eigenvalue weighted by Gasteiger charge is 2.19. The monoisotopic (exact) mass is 319 g/mol. The van der Waals surface area contributed by atoms with Crippen LogP contribution in [0.15, 0.2) is 20.7 Å². The highest BCUT2D eigenvalue weighted by Crippen LogP contribution is 2.39. The van der Waals surface area contributed by atoms with Crippen molar-refractivity contribution in [2.75, 3.05) is 19.6 Å². The zero-order valence-corrected chi connectivity index (χ0v) is 13.1. The summed E-state index contributed by atoms with van der Waals surface area (Å²) in [5.41, 5.74) is 0.928. The van der Waals surface area contributed by atoms with Gasteiger partial charge < -0.3 is 9.62 Å². The van der Waals surface area contributed by atoms with E-state index in [-0.39, 0.29) is 4.21 Å². The largest absolute Gasteiger partial charge is 0.317 e. The van der Waals surface area contributed by atoms with Crippen molar-refractivity contribution in [3.63, 3.8) is 0 Å². The molecule has 0 fully saturated rings. The van der Waals surface area contributed by atoms with Crippen LogP contribution >= 0.6 is 23.3 Å². The third kappa shape index (κ3) is 3.96. The number of sulfonamides is 1. The van der Waals surface area contributed by atoms with Crippen LogP contribution in [-0.4, -0.2) is 32.4 Å². The van der Waals surface area contributed by atoms with Crippen LogP contribution in [0.2, 0.25) is 0 Å². The Morgan fingerprint density at radius 3 is 2.89 bits per heavy atom. The number of thiophene rings is 1. The zero-order chi connectivity index (χ0) is 13.9. The molecule has 0 saturated heterocycles. The minimum absolute atomic E-state index is 0.223. The molecule has 106 valence electrons. The number of hydrogen-bond acceptors (Lipinski definition) is 6. The standard InChI is InChI=1S/C11H17N3O2S3/c1-2-4-13-5-7-14-6-3-9-8-10(19(12,15)16)17-11(9)18-14/h3,6,8,13H,2,4-5,7H2,1H3,(H2,12,15,16). The van der Waals surface area contributed by atoms with Crippen molar-refractivity contribution in [3.05, 3.63) is 17.8 Å². The number of nitrogens with two attached hydrogens (primary N) is 1. The van der Waals surface area contributed by atoms with Gasteiger partial charge in [0.15, 0.2) is 0 Å². The molecular formula is C11H17N3O2S3. The molecule has 0 aromatic carbocycles. The Hall–Kier alpha value is -0.540. The van der Waals surface area contributed by atoms with E-state index in [2.05, 4.69) is 16.5 Å². The molecule has 0 saturated carbocycles. The Bertz CT molecular complexity index is 566. The van der Waals surface area contributed by atoms with Crippen molar-refractivity contribution in [3.8, 4) is 0 Å². The molecule has 8 heteroatoms. The molecule has 0 radical (unpaired) electrons. The first kappa shape index (κ1) is 14.9. The number of hydrogen-bond donors (Lipinski definition) is 2. The summed E-state index contributed by atoms with van der Waals surface area (Å²) in [5.74, 6) is 0. The molecule has 0 atom stereocenters. The number of rotatable bonds is 6. The van der Waals surface area contributed by atoms with Crippen molar-refractivity contribution < 1.29 is 8.42 Å². The number of primary sulfonamides is 1. The van der Waals surface area contributed by atoms with E-state index >= 15 is 0 Å². The summed E-state index contributed by atoms with van der Waals surface area (Å²) in [6, 6.07) is 1.63. The molecule has 0 unspecified atom stereocenters. The first-order valence-corrected chi connectivity index (χ1v) is 9.14. The molecule has 1 aliphatic heterocycles. The van der Waals surface area contributed by atoms with E-state index in [9.17, 15) is 8.42 Å². The highest BCUT2D eigenvalue weighted by molar-refractivity contribution is 7.99. The second-order valence-corrected chi connectivity index (χ2v) is 8.31. The van der Waals surface area contributed by atoms with Crippen LogP contribution in [0.1, 0.15) is 18.9 Å². The second kappa shape index (κ2) is 6.27. The normalized spacial score (nSPS) is 14.7. The summed E-state index contributed by atoms with van der Waals surface area (Å²) in [7, 11) is -3.60. The van der Waals surface area contributed by atoms with Gasteiger partial charge >= 0.3 is 0 Å². The van der Waals surface area contributed by atoms with E-state index in [1.54, 1.807) is 18.0 Å². The number of nitrogens with one attached hydrogen (secondary N) is 1. The van der Waals surface area contributed by atoms with E-state index in [0.717, 1.165) is 35.8 Å². The Morgan fingerprint density at radius 2 is 2.21 bits per heavy atom. The molecule has 2 heterocycles. The third-order valence-electron chi connectivity index (χ3n) is 2.54. The van der Waals surface area contributed by atoms with Gasteiger partial charge in [-0.15, -0.1) is 11.3 Å². The second-order valence-electron chi connectivity index (χ2n) is 4.15. The molecule has 2 rings (SSSR count). The first-order valence-electron chi connectivity index (χ1n) is 6.01. The average Bonchev–Trinajstić information content (AvgIpc) is 2.77. The Kier molecular flexibility index (Phi) is 4.91. The highest BCUT2D eigenvalue weighted by atomic mass is 32.3. The van der Waals surface area contributed by atoms with Gasteiger partial charge in [-0.25, -0.2) is 13.6 Å². The molecule has 1 aliphatic rings. The van der Waals surface area contributed by atoms with Crippen LogP contribution in [0.3, 0.4) is 0 Å². The van der Waals surface area contributed by atoms with Gasteiger partial charge in [0, 0.05) is 24.9 Å². The van der Waals surface area contributed by atoms with Gasteiger partial charge in [0.1, 0.15) is 4.21 Å². The molecular weight excluding hydrogens is 302 g/mol. The minimum Gasteiger partial charge on any atom is -0.317 e. The fourth-order valence-corrected chi connectivity index (χ4v) is 4.84. The zero-order valence-electron chi connectivity index (χ0n) is 10.6. The summed E-state index contributed by atoms with van der Waals surface area (Å²) in [6.45, 7) is 4.94. The molecule has 0 spiro atoms. The predicted octanol–water partition coefficient (Wildman–Crippen LogP) is 1.69. The van der Waals surface area contributed by atoms with E-state index < -0.39 is 10.0 Å². The maximum absolute atomic E-state index is 11.3. The van der Waals surface area contributed by atoms with E-state index in [0.29, 0.717) is 0 Å². The lowest BCUT2D eigenvalue weighted by molar-refractivity contribution is 0.561. The van der Waals surface area contributed by atoms with Crippen LogP contribution in [0.5, 0.6) is 0 Å². The van der Waals surface area contributed by atoms with Gasteiger partial charge in [-0.1, -0.05) is 6.92 Å². The van der Waals surface area contributed by atoms with Crippen LogP contribution < -0.4 is 10.5 Å². The van der Waals surface area contributed by atoms with Crippen molar-refractivity contribution in [2.45, 2.75) is 21.8 Å². The van der Waals surface area contributed by atoms with Crippen molar-refractivity contribution in [1.29, 1.82) is 0 Å². The Morgan fingerprint density at radius 1 is 1.42 bits per heavy atom.